The van der Waals surface area contributed by atoms with Crippen molar-refractivity contribution in [3.05, 3.63) is 50.9 Å². The quantitative estimate of drug-likeness (QED) is 0.710. The van der Waals surface area contributed by atoms with E-state index >= 15 is 0 Å². The van der Waals surface area contributed by atoms with Crippen LogP contribution in [-0.4, -0.2) is 14.2 Å². The third kappa shape index (κ3) is 3.92. The smallest absolute Gasteiger partial charge is 0.135 e. The molecule has 0 aliphatic carbocycles. The van der Waals surface area contributed by atoms with Gasteiger partial charge in [0.05, 0.1) is 24.4 Å². The predicted octanol–water partition coefficient (Wildman–Crippen LogP) is 5.40. The van der Waals surface area contributed by atoms with Crippen LogP contribution in [0.3, 0.4) is 0 Å². The number of nitrogens with one attached hydrogen (secondary N) is 1. The van der Waals surface area contributed by atoms with Gasteiger partial charge in [-0.3, -0.25) is 0 Å². The molecule has 0 saturated carbocycles. The first-order chi connectivity index (χ1) is 10.0. The molecule has 0 fully saturated rings. The largest absolute Gasteiger partial charge is 0.497 e. The summed E-state index contributed by atoms with van der Waals surface area (Å²) in [6, 6.07) is 12.1. The molecule has 0 aliphatic rings. The molecule has 2 rings (SSSR count). The summed E-state index contributed by atoms with van der Waals surface area (Å²) in [6.45, 7) is 2.11. The molecule has 1 N–H and O–H groups in total. The van der Waals surface area contributed by atoms with Crippen LogP contribution < -0.4 is 14.8 Å². The Labute approximate surface area is 141 Å². The van der Waals surface area contributed by atoms with E-state index in [0.717, 1.165) is 31.7 Å². The average Bonchev–Trinajstić information content (AvgIpc) is 2.50. The normalized spacial score (nSPS) is 11.9. The third-order valence-electron chi connectivity index (χ3n) is 3.21. The molecule has 2 aromatic rings. The number of halogens is 2. The van der Waals surface area contributed by atoms with Crippen LogP contribution in [0.25, 0.3) is 0 Å². The zero-order valence-corrected chi connectivity index (χ0v) is 15.3. The molecule has 3 nitrogen and oxygen atoms in total. The van der Waals surface area contributed by atoms with E-state index in [1.165, 1.54) is 0 Å². The maximum absolute atomic E-state index is 5.34. The van der Waals surface area contributed by atoms with Crippen LogP contribution in [0.2, 0.25) is 0 Å². The van der Waals surface area contributed by atoms with E-state index in [9.17, 15) is 0 Å². The van der Waals surface area contributed by atoms with Gasteiger partial charge in [-0.05, 0) is 62.5 Å². The number of ether oxygens (including phenoxy) is 2. The number of methoxy groups -OCH3 is 2. The molecule has 0 heterocycles. The predicted molar refractivity (Wildman–Crippen MR) is 93.4 cm³/mol. The molecule has 2 aromatic carbocycles. The molecule has 112 valence electrons. The second kappa shape index (κ2) is 7.18. The highest BCUT2D eigenvalue weighted by molar-refractivity contribution is 9.11. The van der Waals surface area contributed by atoms with E-state index in [1.54, 1.807) is 14.2 Å². The van der Waals surface area contributed by atoms with Gasteiger partial charge in [0.2, 0.25) is 0 Å². The fourth-order valence-electron chi connectivity index (χ4n) is 2.02. The summed E-state index contributed by atoms with van der Waals surface area (Å²) < 4.78 is 12.5. The van der Waals surface area contributed by atoms with Crippen molar-refractivity contribution in [2.75, 3.05) is 19.5 Å². The Morgan fingerprint density at radius 2 is 1.76 bits per heavy atom. The van der Waals surface area contributed by atoms with Crippen molar-refractivity contribution in [2.24, 2.45) is 0 Å². The highest BCUT2D eigenvalue weighted by atomic mass is 79.9. The van der Waals surface area contributed by atoms with Crippen molar-refractivity contribution in [1.29, 1.82) is 0 Å². The van der Waals surface area contributed by atoms with Gasteiger partial charge < -0.3 is 14.8 Å². The van der Waals surface area contributed by atoms with Gasteiger partial charge in [0, 0.05) is 16.6 Å². The lowest BCUT2D eigenvalue weighted by Gasteiger charge is -2.18. The minimum absolute atomic E-state index is 0.141. The van der Waals surface area contributed by atoms with Crippen molar-refractivity contribution in [2.45, 2.75) is 13.0 Å². The summed E-state index contributed by atoms with van der Waals surface area (Å²) >= 11 is 7.04. The Balaban J connectivity index is 2.24. The second-order valence-electron chi connectivity index (χ2n) is 4.61. The van der Waals surface area contributed by atoms with Crippen LogP contribution in [0.1, 0.15) is 18.5 Å². The Kier molecular flexibility index (Phi) is 5.53. The zero-order chi connectivity index (χ0) is 15.4. The van der Waals surface area contributed by atoms with Crippen LogP contribution in [0.5, 0.6) is 11.5 Å². The van der Waals surface area contributed by atoms with Gasteiger partial charge in [-0.1, -0.05) is 12.1 Å². The highest BCUT2D eigenvalue weighted by Gasteiger charge is 2.11. The van der Waals surface area contributed by atoms with E-state index < -0.39 is 0 Å². The summed E-state index contributed by atoms with van der Waals surface area (Å²) in [4.78, 5) is 0. The molecule has 1 atom stereocenters. The first-order valence-corrected chi connectivity index (χ1v) is 8.07. The van der Waals surface area contributed by atoms with Crippen molar-refractivity contribution >= 4 is 37.5 Å². The number of rotatable bonds is 5. The first kappa shape index (κ1) is 16.2. The highest BCUT2D eigenvalue weighted by Crippen LogP contribution is 2.36. The number of hydrogen-bond donors (Lipinski definition) is 1. The molecule has 0 saturated heterocycles. The van der Waals surface area contributed by atoms with Crippen LogP contribution in [-0.2, 0) is 0 Å². The van der Waals surface area contributed by atoms with Crippen LogP contribution in [0.4, 0.5) is 5.69 Å². The van der Waals surface area contributed by atoms with Gasteiger partial charge in [-0.15, -0.1) is 0 Å². The summed E-state index contributed by atoms with van der Waals surface area (Å²) in [6.07, 6.45) is 0. The number of benzene rings is 2. The minimum atomic E-state index is 0.141. The average molecular weight is 415 g/mol. The fraction of sp³-hybridized carbons (Fsp3) is 0.250. The molecule has 1 unspecified atom stereocenters. The summed E-state index contributed by atoms with van der Waals surface area (Å²) in [5.41, 5.74) is 2.13. The van der Waals surface area contributed by atoms with Crippen molar-refractivity contribution in [1.82, 2.24) is 0 Å². The van der Waals surface area contributed by atoms with Gasteiger partial charge in [0.1, 0.15) is 11.5 Å². The van der Waals surface area contributed by atoms with Crippen LogP contribution in [0, 0.1) is 0 Å². The lowest BCUT2D eigenvalue weighted by molar-refractivity contribution is 0.412. The third-order valence-corrected chi connectivity index (χ3v) is 4.48. The Bertz CT molecular complexity index is 632. The molecule has 0 bridgehead atoms. The molecular weight excluding hydrogens is 398 g/mol. The minimum Gasteiger partial charge on any atom is -0.497 e. The molecular formula is C16H17Br2NO2. The Morgan fingerprint density at radius 1 is 1.00 bits per heavy atom. The van der Waals surface area contributed by atoms with E-state index in [1.807, 2.05) is 30.3 Å². The molecule has 0 amide bonds. The summed E-state index contributed by atoms with van der Waals surface area (Å²) in [5.74, 6) is 1.65. The summed E-state index contributed by atoms with van der Waals surface area (Å²) in [5, 5.41) is 3.48. The van der Waals surface area contributed by atoms with Gasteiger partial charge >= 0.3 is 0 Å². The molecule has 21 heavy (non-hydrogen) atoms. The lowest BCUT2D eigenvalue weighted by atomic mass is 10.1. The molecule has 0 aromatic heterocycles. The van der Waals surface area contributed by atoms with Gasteiger partial charge in [0.15, 0.2) is 0 Å². The summed E-state index contributed by atoms with van der Waals surface area (Å²) in [7, 11) is 3.33. The monoisotopic (exact) mass is 413 g/mol. The maximum atomic E-state index is 5.34. The molecule has 5 heteroatoms. The zero-order valence-electron chi connectivity index (χ0n) is 12.1. The van der Waals surface area contributed by atoms with Crippen molar-refractivity contribution in [3.63, 3.8) is 0 Å². The topological polar surface area (TPSA) is 30.5 Å². The van der Waals surface area contributed by atoms with Crippen LogP contribution in [0.15, 0.2) is 45.3 Å². The maximum Gasteiger partial charge on any atom is 0.135 e. The Morgan fingerprint density at radius 3 is 2.43 bits per heavy atom. The van der Waals surface area contributed by atoms with Crippen molar-refractivity contribution < 1.29 is 9.47 Å². The second-order valence-corrected chi connectivity index (χ2v) is 6.32. The fourth-order valence-corrected chi connectivity index (χ4v) is 3.29. The lowest BCUT2D eigenvalue weighted by Crippen LogP contribution is -2.07. The standard InChI is InChI=1S/C16H17Br2NO2/c1-10(11-5-4-6-12(7-11)20-2)19-15-9-16(21-3)14(18)8-13(15)17/h4-10,19H,1-3H3. The van der Waals surface area contributed by atoms with E-state index in [-0.39, 0.29) is 6.04 Å². The first-order valence-electron chi connectivity index (χ1n) is 6.48. The van der Waals surface area contributed by atoms with E-state index in [2.05, 4.69) is 50.2 Å². The molecule has 0 radical (unpaired) electrons. The number of anilines is 1. The van der Waals surface area contributed by atoms with Crippen molar-refractivity contribution in [3.8, 4) is 11.5 Å². The van der Waals surface area contributed by atoms with Gasteiger partial charge in [0.25, 0.3) is 0 Å². The molecule has 0 spiro atoms. The van der Waals surface area contributed by atoms with Gasteiger partial charge in [-0.25, -0.2) is 0 Å². The van der Waals surface area contributed by atoms with E-state index in [4.69, 9.17) is 9.47 Å². The van der Waals surface area contributed by atoms with Crippen LogP contribution >= 0.6 is 31.9 Å². The van der Waals surface area contributed by atoms with Gasteiger partial charge in [-0.2, -0.15) is 0 Å². The molecule has 0 aliphatic heterocycles. The Hall–Kier alpha value is -1.20. The number of hydrogen-bond acceptors (Lipinski definition) is 3. The van der Waals surface area contributed by atoms with E-state index in [0.29, 0.717) is 0 Å². The SMILES string of the molecule is COc1cccc(C(C)Nc2cc(OC)c(Br)cc2Br)c1.